The molecule has 9 heteroatoms. The molecule has 3 aromatic heterocycles. The minimum atomic E-state index is -0.00882. The molecule has 0 atom stereocenters. The summed E-state index contributed by atoms with van der Waals surface area (Å²) in [6.45, 7) is 3.10. The molecule has 3 aromatic rings. The third-order valence-electron chi connectivity index (χ3n) is 4.60. The van der Waals surface area contributed by atoms with E-state index in [9.17, 15) is 4.79 Å². The number of hydrogen-bond acceptors (Lipinski definition) is 7. The van der Waals surface area contributed by atoms with Crippen LogP contribution in [0.15, 0.2) is 45.5 Å². The maximum Gasteiger partial charge on any atom is 0.230 e. The third-order valence-corrected chi connectivity index (χ3v) is 6.45. The highest BCUT2D eigenvalue weighted by Gasteiger charge is 2.21. The third kappa shape index (κ3) is 4.77. The van der Waals surface area contributed by atoms with E-state index >= 15 is 0 Å². The summed E-state index contributed by atoms with van der Waals surface area (Å²) in [6.07, 6.45) is 5.27. The Balaban J connectivity index is 1.43. The summed E-state index contributed by atoms with van der Waals surface area (Å²) < 4.78 is 7.58. The zero-order chi connectivity index (χ0) is 19.2. The lowest BCUT2D eigenvalue weighted by Crippen LogP contribution is -2.32. The van der Waals surface area contributed by atoms with E-state index in [-0.39, 0.29) is 5.91 Å². The fraction of sp³-hybridized carbons (Fsp3) is 0.421. The number of hydrogen-bond donors (Lipinski definition) is 1. The number of aromatic nitrogens is 3. The molecular weight excluding hydrogens is 394 g/mol. The van der Waals surface area contributed by atoms with E-state index in [1.165, 1.54) is 31.0 Å². The highest BCUT2D eigenvalue weighted by Crippen LogP contribution is 2.25. The molecule has 148 valence electrons. The minimum absolute atomic E-state index is 0.00882. The topological polar surface area (TPSA) is 76.2 Å². The van der Waals surface area contributed by atoms with Crippen molar-refractivity contribution in [2.75, 3.05) is 23.7 Å². The molecule has 1 fully saturated rings. The predicted octanol–water partition coefficient (Wildman–Crippen LogP) is 3.38. The van der Waals surface area contributed by atoms with Crippen molar-refractivity contribution in [1.82, 2.24) is 20.1 Å². The molecule has 0 saturated carbocycles. The quantitative estimate of drug-likeness (QED) is 0.566. The smallest absolute Gasteiger partial charge is 0.230 e. The van der Waals surface area contributed by atoms with E-state index in [1.54, 1.807) is 17.6 Å². The van der Waals surface area contributed by atoms with E-state index in [2.05, 4.69) is 25.0 Å². The Hall–Kier alpha value is -2.26. The van der Waals surface area contributed by atoms with Gasteiger partial charge in [-0.1, -0.05) is 17.8 Å². The van der Waals surface area contributed by atoms with Crippen LogP contribution in [0.5, 0.6) is 0 Å². The number of rotatable bonds is 8. The standard InChI is InChI=1S/C19H23N5O2S2/c25-17(20-12-16-7-5-11-27-16)14-28-19-22-21-18(23-8-2-1-3-9-23)24(19)13-15-6-4-10-26-15/h4-7,10-11H,1-3,8-9,12-14H2,(H,20,25). The van der Waals surface area contributed by atoms with Crippen LogP contribution in [0.1, 0.15) is 29.9 Å². The molecule has 1 amide bonds. The average Bonchev–Trinajstić information content (AvgIpc) is 3.48. The molecular formula is C19H23N5O2S2. The van der Waals surface area contributed by atoms with E-state index in [0.717, 1.165) is 34.8 Å². The SMILES string of the molecule is O=C(CSc1nnc(N2CCCCC2)n1Cc1ccco1)NCc1cccs1. The number of piperidine rings is 1. The van der Waals surface area contributed by atoms with Crippen molar-refractivity contribution in [2.45, 2.75) is 37.5 Å². The van der Waals surface area contributed by atoms with Gasteiger partial charge in [0.2, 0.25) is 11.9 Å². The molecule has 0 unspecified atom stereocenters. The number of anilines is 1. The summed E-state index contributed by atoms with van der Waals surface area (Å²) in [6, 6.07) is 7.83. The summed E-state index contributed by atoms with van der Waals surface area (Å²) in [5.41, 5.74) is 0. The fourth-order valence-corrected chi connectivity index (χ4v) is 4.60. The Morgan fingerprint density at radius 1 is 1.21 bits per heavy atom. The van der Waals surface area contributed by atoms with Gasteiger partial charge in [0, 0.05) is 18.0 Å². The van der Waals surface area contributed by atoms with Crippen molar-refractivity contribution < 1.29 is 9.21 Å². The average molecular weight is 418 g/mol. The molecule has 7 nitrogen and oxygen atoms in total. The van der Waals surface area contributed by atoms with Crippen LogP contribution in [0, 0.1) is 0 Å². The van der Waals surface area contributed by atoms with Crippen LogP contribution < -0.4 is 10.2 Å². The molecule has 4 heterocycles. The highest BCUT2D eigenvalue weighted by atomic mass is 32.2. The lowest BCUT2D eigenvalue weighted by atomic mass is 10.1. The molecule has 1 aliphatic rings. The second-order valence-electron chi connectivity index (χ2n) is 6.64. The van der Waals surface area contributed by atoms with E-state index in [4.69, 9.17) is 4.42 Å². The number of nitrogens with zero attached hydrogens (tertiary/aromatic N) is 4. The number of furan rings is 1. The van der Waals surface area contributed by atoms with Gasteiger partial charge >= 0.3 is 0 Å². The lowest BCUT2D eigenvalue weighted by molar-refractivity contribution is -0.118. The molecule has 0 aromatic carbocycles. The van der Waals surface area contributed by atoms with E-state index < -0.39 is 0 Å². The first-order chi connectivity index (χ1) is 13.8. The van der Waals surface area contributed by atoms with Crippen LogP contribution in [0.3, 0.4) is 0 Å². The van der Waals surface area contributed by atoms with Crippen molar-refractivity contribution in [3.8, 4) is 0 Å². The number of thiophene rings is 1. The molecule has 0 aliphatic carbocycles. The number of carbonyl (C=O) groups excluding carboxylic acids is 1. The van der Waals surface area contributed by atoms with Crippen LogP contribution >= 0.6 is 23.1 Å². The maximum absolute atomic E-state index is 12.2. The number of amides is 1. The Morgan fingerprint density at radius 2 is 2.11 bits per heavy atom. The Bertz CT molecular complexity index is 870. The molecule has 1 aliphatic heterocycles. The minimum Gasteiger partial charge on any atom is -0.467 e. The largest absolute Gasteiger partial charge is 0.467 e. The van der Waals surface area contributed by atoms with Crippen molar-refractivity contribution in [1.29, 1.82) is 0 Å². The zero-order valence-corrected chi connectivity index (χ0v) is 17.2. The second kappa shape index (κ2) is 9.29. The van der Waals surface area contributed by atoms with Crippen molar-refractivity contribution in [3.05, 3.63) is 46.5 Å². The Morgan fingerprint density at radius 3 is 2.86 bits per heavy atom. The van der Waals surface area contributed by atoms with Crippen LogP contribution in [-0.2, 0) is 17.9 Å². The first-order valence-electron chi connectivity index (χ1n) is 9.42. The number of nitrogens with one attached hydrogen (secondary N) is 1. The van der Waals surface area contributed by atoms with Gasteiger partial charge in [-0.2, -0.15) is 0 Å². The molecule has 0 radical (unpaired) electrons. The summed E-state index contributed by atoms with van der Waals surface area (Å²) in [7, 11) is 0. The van der Waals surface area contributed by atoms with E-state index in [0.29, 0.717) is 18.8 Å². The summed E-state index contributed by atoms with van der Waals surface area (Å²) >= 11 is 3.05. The number of thioether (sulfide) groups is 1. The second-order valence-corrected chi connectivity index (χ2v) is 8.62. The van der Waals surface area contributed by atoms with Gasteiger partial charge in [0.25, 0.3) is 0 Å². The Labute approximate surface area is 172 Å². The van der Waals surface area contributed by atoms with Gasteiger partial charge in [-0.05, 0) is 42.8 Å². The van der Waals surface area contributed by atoms with Gasteiger partial charge in [0.05, 0.1) is 25.1 Å². The molecule has 4 rings (SSSR count). The molecule has 0 bridgehead atoms. The van der Waals surface area contributed by atoms with Crippen LogP contribution in [0.25, 0.3) is 0 Å². The highest BCUT2D eigenvalue weighted by molar-refractivity contribution is 7.99. The predicted molar refractivity (Wildman–Crippen MR) is 111 cm³/mol. The molecule has 1 saturated heterocycles. The Kier molecular flexibility index (Phi) is 6.33. The van der Waals surface area contributed by atoms with Crippen LogP contribution in [0.2, 0.25) is 0 Å². The maximum atomic E-state index is 12.2. The van der Waals surface area contributed by atoms with Gasteiger partial charge in [-0.25, -0.2) is 0 Å². The molecule has 1 N–H and O–H groups in total. The molecule has 0 spiro atoms. The molecule has 28 heavy (non-hydrogen) atoms. The summed E-state index contributed by atoms with van der Waals surface area (Å²) in [5, 5.41) is 14.5. The van der Waals surface area contributed by atoms with Gasteiger partial charge in [0.15, 0.2) is 5.16 Å². The monoisotopic (exact) mass is 417 g/mol. The van der Waals surface area contributed by atoms with Crippen molar-refractivity contribution in [3.63, 3.8) is 0 Å². The van der Waals surface area contributed by atoms with Crippen LogP contribution in [-0.4, -0.2) is 39.5 Å². The number of carbonyl (C=O) groups is 1. The zero-order valence-electron chi connectivity index (χ0n) is 15.5. The van der Waals surface area contributed by atoms with Gasteiger partial charge < -0.3 is 14.6 Å². The van der Waals surface area contributed by atoms with Gasteiger partial charge in [-0.15, -0.1) is 21.5 Å². The van der Waals surface area contributed by atoms with Crippen molar-refractivity contribution >= 4 is 35.0 Å². The van der Waals surface area contributed by atoms with Gasteiger partial charge in [-0.3, -0.25) is 9.36 Å². The summed E-state index contributed by atoms with van der Waals surface area (Å²) in [5.74, 6) is 2.01. The first-order valence-corrected chi connectivity index (χ1v) is 11.3. The van der Waals surface area contributed by atoms with E-state index in [1.807, 2.05) is 29.6 Å². The summed E-state index contributed by atoms with van der Waals surface area (Å²) in [4.78, 5) is 15.7. The van der Waals surface area contributed by atoms with Gasteiger partial charge in [0.1, 0.15) is 5.76 Å². The lowest BCUT2D eigenvalue weighted by Gasteiger charge is -2.27. The first kappa shape index (κ1) is 19.1. The van der Waals surface area contributed by atoms with Crippen molar-refractivity contribution in [2.24, 2.45) is 0 Å². The fourth-order valence-electron chi connectivity index (χ4n) is 3.19. The van der Waals surface area contributed by atoms with Crippen LogP contribution in [0.4, 0.5) is 5.95 Å². The normalized spacial score (nSPS) is 14.4.